The maximum absolute atomic E-state index is 13.3. The summed E-state index contributed by atoms with van der Waals surface area (Å²) < 4.78 is 62.3. The van der Waals surface area contributed by atoms with E-state index in [2.05, 4.69) is 20.6 Å². The molecular weight excluding hydrogens is 590 g/mol. The molecule has 0 radical (unpaired) electrons. The largest absolute Gasteiger partial charge is 0.434 e. The van der Waals surface area contributed by atoms with Gasteiger partial charge >= 0.3 is 6.03 Å². The third kappa shape index (κ3) is 7.89. The van der Waals surface area contributed by atoms with Crippen molar-refractivity contribution in [1.29, 1.82) is 0 Å². The lowest BCUT2D eigenvalue weighted by Gasteiger charge is -2.27. The lowest BCUT2D eigenvalue weighted by atomic mass is 10.2. The van der Waals surface area contributed by atoms with Crippen molar-refractivity contribution in [3.8, 4) is 0 Å². The third-order valence-corrected chi connectivity index (χ3v) is 9.99. The Bertz CT molecular complexity index is 1600. The minimum absolute atomic E-state index is 0.205. The molecule has 3 heterocycles. The van der Waals surface area contributed by atoms with Crippen LogP contribution in [0.4, 0.5) is 4.79 Å². The van der Waals surface area contributed by atoms with Crippen LogP contribution < -0.4 is 10.6 Å². The van der Waals surface area contributed by atoms with E-state index in [1.165, 1.54) is 17.2 Å². The van der Waals surface area contributed by atoms with Gasteiger partial charge in [0, 0.05) is 38.6 Å². The van der Waals surface area contributed by atoms with E-state index in [4.69, 9.17) is 9.15 Å². The number of hydrogen-bond donors (Lipinski definition) is 2. The Labute approximate surface area is 242 Å². The molecule has 3 amide bonds. The molecule has 1 fully saturated rings. The highest BCUT2D eigenvalue weighted by Gasteiger charge is 2.36. The number of ether oxygens (including phenoxy) is 1. The first kappa shape index (κ1) is 31.1. The lowest BCUT2D eigenvalue weighted by Crippen LogP contribution is -2.52. The number of pyridine rings is 1. The van der Waals surface area contributed by atoms with Crippen LogP contribution in [0.15, 0.2) is 53.1 Å². The molecule has 226 valence electrons. The minimum atomic E-state index is -4.20. The van der Waals surface area contributed by atoms with Gasteiger partial charge in [0.1, 0.15) is 10.8 Å². The lowest BCUT2D eigenvalue weighted by molar-refractivity contribution is -0.120. The number of nitrogens with one attached hydrogen (secondary N) is 2. The molecule has 1 aliphatic rings. The van der Waals surface area contributed by atoms with Crippen molar-refractivity contribution in [3.63, 3.8) is 0 Å². The molecule has 1 aromatic carbocycles. The van der Waals surface area contributed by atoms with Gasteiger partial charge in [-0.1, -0.05) is 18.2 Å². The number of sulfone groups is 2. The highest BCUT2D eigenvalue weighted by Crippen LogP contribution is 2.19. The van der Waals surface area contributed by atoms with E-state index in [0.29, 0.717) is 37.4 Å². The van der Waals surface area contributed by atoms with E-state index >= 15 is 0 Å². The summed E-state index contributed by atoms with van der Waals surface area (Å²) in [5, 5.41) is 1.61. The zero-order chi connectivity index (χ0) is 30.3. The number of para-hydroxylation sites is 2. The van der Waals surface area contributed by atoms with Crippen LogP contribution in [-0.2, 0) is 35.0 Å². The van der Waals surface area contributed by atoms with Crippen LogP contribution in [0.25, 0.3) is 11.1 Å². The van der Waals surface area contributed by atoms with Crippen LogP contribution in [0.3, 0.4) is 0 Å². The number of fused-ring (bicyclic) bond motifs is 1. The zero-order valence-electron chi connectivity index (χ0n) is 22.8. The van der Waals surface area contributed by atoms with Gasteiger partial charge < -0.3 is 24.7 Å². The molecular formula is C26H31N5O9S2. The normalized spacial score (nSPS) is 15.6. The van der Waals surface area contributed by atoms with E-state index < -0.39 is 60.2 Å². The molecule has 2 aromatic heterocycles. The van der Waals surface area contributed by atoms with E-state index in [1.54, 1.807) is 36.4 Å². The van der Waals surface area contributed by atoms with Crippen LogP contribution in [0.1, 0.15) is 22.8 Å². The molecule has 3 aromatic rings. The van der Waals surface area contributed by atoms with Crippen LogP contribution in [-0.4, -0.2) is 106 Å². The van der Waals surface area contributed by atoms with Gasteiger partial charge in [0.05, 0.1) is 24.7 Å². The average molecular weight is 622 g/mol. The number of nitrogens with zero attached hydrogens (tertiary/aromatic N) is 3. The second-order valence-electron chi connectivity index (χ2n) is 9.65. The van der Waals surface area contributed by atoms with Crippen molar-refractivity contribution in [1.82, 2.24) is 25.5 Å². The quantitative estimate of drug-likeness (QED) is 0.265. The molecule has 2 unspecified atom stereocenters. The Morgan fingerprint density at radius 2 is 1.69 bits per heavy atom. The molecule has 16 heteroatoms. The maximum atomic E-state index is 13.3. The summed E-state index contributed by atoms with van der Waals surface area (Å²) >= 11 is 0. The first-order valence-electron chi connectivity index (χ1n) is 13.0. The number of hydrogen-bond acceptors (Lipinski definition) is 11. The fourth-order valence-electron chi connectivity index (χ4n) is 4.33. The molecule has 0 bridgehead atoms. The number of urea groups is 1. The van der Waals surface area contributed by atoms with Gasteiger partial charge in [0.2, 0.25) is 11.7 Å². The standard InChI is InChI=1S/C26H31N5O9S2/c1-41(35,36)21(23(32)25-30-19-7-2-3-8-20(19)40-25)9-11-28-24(33)22(16-29-26(34)31-12-14-39-15-13-31)42(37,38)17-18-6-4-5-10-27-18/h2-8,10,21-22H,9,11-17H2,1H3,(H,28,33)(H,29,34). The maximum Gasteiger partial charge on any atom is 0.317 e. The highest BCUT2D eigenvalue weighted by atomic mass is 32.2. The average Bonchev–Trinajstić information content (AvgIpc) is 3.39. The second-order valence-corrected chi connectivity index (χ2v) is 14.1. The van der Waals surface area contributed by atoms with Crippen LogP contribution in [0.2, 0.25) is 0 Å². The number of carbonyl (C=O) groups is 3. The van der Waals surface area contributed by atoms with Crippen LogP contribution >= 0.6 is 0 Å². The number of benzene rings is 1. The molecule has 0 saturated carbocycles. The number of aromatic nitrogens is 2. The Morgan fingerprint density at radius 1 is 0.976 bits per heavy atom. The van der Waals surface area contributed by atoms with E-state index in [9.17, 15) is 31.2 Å². The monoisotopic (exact) mass is 621 g/mol. The number of amides is 3. The summed E-state index contributed by atoms with van der Waals surface area (Å²) in [6.45, 7) is 0.400. The second kappa shape index (κ2) is 13.4. The molecule has 1 aliphatic heterocycles. The number of Topliss-reactive ketones (excluding diaryl/α,β-unsaturated/α-hetero) is 1. The summed E-state index contributed by atoms with van der Waals surface area (Å²) in [5.74, 6) is -2.81. The van der Waals surface area contributed by atoms with E-state index in [1.807, 2.05) is 0 Å². The van der Waals surface area contributed by atoms with Gasteiger partial charge in [-0.2, -0.15) is 0 Å². The summed E-state index contributed by atoms with van der Waals surface area (Å²) in [6.07, 6.45) is 1.93. The molecule has 4 rings (SSSR count). The Hall–Kier alpha value is -3.89. The smallest absolute Gasteiger partial charge is 0.317 e. The van der Waals surface area contributed by atoms with Gasteiger partial charge in [0.15, 0.2) is 30.5 Å². The predicted molar refractivity (Wildman–Crippen MR) is 151 cm³/mol. The van der Waals surface area contributed by atoms with Crippen LogP contribution in [0, 0.1) is 0 Å². The summed E-state index contributed by atoms with van der Waals surface area (Å²) in [7, 11) is -8.17. The van der Waals surface area contributed by atoms with Gasteiger partial charge in [-0.3, -0.25) is 14.6 Å². The summed E-state index contributed by atoms with van der Waals surface area (Å²) in [6, 6.07) is 10.7. The summed E-state index contributed by atoms with van der Waals surface area (Å²) in [5.41, 5.74) is 0.888. The van der Waals surface area contributed by atoms with Gasteiger partial charge in [-0.15, -0.1) is 0 Å². The number of carbonyl (C=O) groups excluding carboxylic acids is 3. The number of rotatable bonds is 12. The number of ketones is 1. The molecule has 42 heavy (non-hydrogen) atoms. The van der Waals surface area contributed by atoms with E-state index in [0.717, 1.165) is 6.26 Å². The molecule has 2 atom stereocenters. The molecule has 0 spiro atoms. The summed E-state index contributed by atoms with van der Waals surface area (Å²) in [4.78, 5) is 48.4. The van der Waals surface area contributed by atoms with Crippen molar-refractivity contribution >= 4 is 48.5 Å². The van der Waals surface area contributed by atoms with Gasteiger partial charge in [-0.25, -0.2) is 26.6 Å². The Morgan fingerprint density at radius 3 is 2.36 bits per heavy atom. The fraction of sp³-hybridized carbons (Fsp3) is 0.423. The predicted octanol–water partition coefficient (Wildman–Crippen LogP) is 0.350. The first-order chi connectivity index (χ1) is 20.0. The molecule has 2 N–H and O–H groups in total. The molecule has 1 saturated heterocycles. The van der Waals surface area contributed by atoms with Gasteiger partial charge in [-0.05, 0) is 30.7 Å². The van der Waals surface area contributed by atoms with Crippen molar-refractivity contribution < 1.29 is 40.4 Å². The van der Waals surface area contributed by atoms with Crippen LogP contribution in [0.5, 0.6) is 0 Å². The zero-order valence-corrected chi connectivity index (χ0v) is 24.4. The number of morpholine rings is 1. The first-order valence-corrected chi connectivity index (χ1v) is 16.7. The van der Waals surface area contributed by atoms with Gasteiger partial charge in [0.25, 0.3) is 5.89 Å². The molecule has 14 nitrogen and oxygen atoms in total. The van der Waals surface area contributed by atoms with Crippen molar-refractivity contribution in [2.45, 2.75) is 22.7 Å². The third-order valence-electron chi connectivity index (χ3n) is 6.56. The van der Waals surface area contributed by atoms with Crippen molar-refractivity contribution in [2.24, 2.45) is 0 Å². The molecule has 0 aliphatic carbocycles. The number of oxazole rings is 1. The SMILES string of the molecule is CS(=O)(=O)C(CCNC(=O)C(CNC(=O)N1CCOCC1)S(=O)(=O)Cc1ccccn1)C(=O)c1nc2ccccc2o1. The highest BCUT2D eigenvalue weighted by molar-refractivity contribution is 7.92. The minimum Gasteiger partial charge on any atom is -0.434 e. The topological polar surface area (TPSA) is 195 Å². The van der Waals surface area contributed by atoms with Crippen molar-refractivity contribution in [2.75, 3.05) is 45.6 Å². The van der Waals surface area contributed by atoms with Crippen molar-refractivity contribution in [3.05, 3.63) is 60.2 Å². The Kier molecular flexibility index (Phi) is 9.90. The Balaban J connectivity index is 1.46. The van der Waals surface area contributed by atoms with E-state index in [-0.39, 0.29) is 24.6 Å². The fourth-order valence-corrected chi connectivity index (χ4v) is 6.89.